The summed E-state index contributed by atoms with van der Waals surface area (Å²) in [5, 5.41) is 9.21. The number of ether oxygens (including phenoxy) is 1. The number of fused-ring (bicyclic) bond motifs is 1. The van der Waals surface area contributed by atoms with Gasteiger partial charge in [-0.3, -0.25) is 4.79 Å². The third kappa shape index (κ3) is 2.43. The number of sulfonamides is 1. The quantitative estimate of drug-likeness (QED) is 0.843. The van der Waals surface area contributed by atoms with Crippen molar-refractivity contribution < 1.29 is 23.1 Å². The fourth-order valence-corrected chi connectivity index (χ4v) is 4.14. The molecule has 0 aromatic heterocycles. The molecule has 2 aliphatic rings. The Bertz CT molecular complexity index is 710. The summed E-state index contributed by atoms with van der Waals surface area (Å²) in [6.45, 7) is 0.611. The van der Waals surface area contributed by atoms with Crippen molar-refractivity contribution in [3.8, 4) is 5.75 Å². The van der Waals surface area contributed by atoms with E-state index in [1.807, 2.05) is 0 Å². The molecule has 1 N–H and O–H groups in total. The Hall–Kier alpha value is -1.86. The molecule has 3 rings (SSSR count). The number of carbonyl (C=O) groups is 1. The lowest BCUT2D eigenvalue weighted by Gasteiger charge is -2.29. The van der Waals surface area contributed by atoms with E-state index in [4.69, 9.17) is 4.74 Å². The van der Waals surface area contributed by atoms with Crippen LogP contribution in [0.5, 0.6) is 5.75 Å². The zero-order valence-electron chi connectivity index (χ0n) is 11.2. The summed E-state index contributed by atoms with van der Waals surface area (Å²) in [5.41, 5.74) is 0.974. The highest BCUT2D eigenvalue weighted by molar-refractivity contribution is 7.89. The van der Waals surface area contributed by atoms with Crippen LogP contribution in [-0.4, -0.2) is 43.0 Å². The molecule has 1 aromatic carbocycles. The largest absolute Gasteiger partial charge is 0.493 e. The third-order valence-corrected chi connectivity index (χ3v) is 5.59. The highest BCUT2D eigenvalue weighted by Gasteiger charge is 2.36. The summed E-state index contributed by atoms with van der Waals surface area (Å²) in [6, 6.07) is 3.66. The lowest BCUT2D eigenvalue weighted by atomic mass is 10.1. The summed E-state index contributed by atoms with van der Waals surface area (Å²) < 4.78 is 31.8. The van der Waals surface area contributed by atoms with Gasteiger partial charge in [-0.2, -0.15) is 4.31 Å². The van der Waals surface area contributed by atoms with Gasteiger partial charge in [0.15, 0.2) is 0 Å². The molecule has 2 heterocycles. The number of carboxylic acid groups (broad SMARTS) is 1. The number of nitrogens with zero attached hydrogens (tertiary/aromatic N) is 1. The predicted molar refractivity (Wildman–Crippen MR) is 74.7 cm³/mol. The van der Waals surface area contributed by atoms with E-state index < -0.39 is 22.0 Å². The van der Waals surface area contributed by atoms with Gasteiger partial charge in [0.05, 0.1) is 11.5 Å². The van der Waals surface area contributed by atoms with Crippen molar-refractivity contribution in [1.82, 2.24) is 4.31 Å². The van der Waals surface area contributed by atoms with Gasteiger partial charge >= 0.3 is 5.97 Å². The molecule has 0 aliphatic carbocycles. The Kier molecular flexibility index (Phi) is 3.46. The topological polar surface area (TPSA) is 83.9 Å². The van der Waals surface area contributed by atoms with Crippen LogP contribution >= 0.6 is 0 Å². The SMILES string of the molecule is O=C(O)C1CC=CCN1S(=O)(=O)c1ccc2c(c1)OCC2. The van der Waals surface area contributed by atoms with Gasteiger partial charge in [-0.15, -0.1) is 0 Å². The van der Waals surface area contributed by atoms with Crippen LogP contribution in [0, 0.1) is 0 Å². The summed E-state index contributed by atoms with van der Waals surface area (Å²) in [7, 11) is -3.86. The first kappa shape index (κ1) is 14.1. The molecule has 0 saturated heterocycles. The van der Waals surface area contributed by atoms with Gasteiger partial charge in [0.25, 0.3) is 0 Å². The Balaban J connectivity index is 1.99. The van der Waals surface area contributed by atoms with Gasteiger partial charge in [-0.25, -0.2) is 8.42 Å². The monoisotopic (exact) mass is 309 g/mol. The van der Waals surface area contributed by atoms with Gasteiger partial charge in [0.1, 0.15) is 11.8 Å². The van der Waals surface area contributed by atoms with Crippen LogP contribution in [0.15, 0.2) is 35.2 Å². The molecule has 0 amide bonds. The molecule has 2 aliphatic heterocycles. The third-order valence-electron chi connectivity index (χ3n) is 3.72. The van der Waals surface area contributed by atoms with Crippen LogP contribution in [0.1, 0.15) is 12.0 Å². The van der Waals surface area contributed by atoms with Crippen LogP contribution < -0.4 is 4.74 Å². The van der Waals surface area contributed by atoms with E-state index in [1.54, 1.807) is 18.2 Å². The molecule has 1 aromatic rings. The lowest BCUT2D eigenvalue weighted by Crippen LogP contribution is -2.46. The number of rotatable bonds is 3. The molecular formula is C14H15NO5S. The van der Waals surface area contributed by atoms with Crippen LogP contribution in [0.4, 0.5) is 0 Å². The van der Waals surface area contributed by atoms with E-state index in [2.05, 4.69) is 0 Å². The van der Waals surface area contributed by atoms with E-state index in [1.165, 1.54) is 12.1 Å². The molecule has 6 nitrogen and oxygen atoms in total. The number of aliphatic carboxylic acids is 1. The maximum Gasteiger partial charge on any atom is 0.322 e. The van der Waals surface area contributed by atoms with Crippen molar-refractivity contribution in [1.29, 1.82) is 0 Å². The van der Waals surface area contributed by atoms with Gasteiger partial charge in [-0.05, 0) is 18.1 Å². The van der Waals surface area contributed by atoms with Crippen molar-refractivity contribution in [3.63, 3.8) is 0 Å². The van der Waals surface area contributed by atoms with E-state index >= 15 is 0 Å². The molecule has 0 fully saturated rings. The summed E-state index contributed by atoms with van der Waals surface area (Å²) >= 11 is 0. The standard InChI is InChI=1S/C14H15NO5S/c16-14(17)12-3-1-2-7-15(12)21(18,19)11-5-4-10-6-8-20-13(10)9-11/h1-2,4-5,9,12H,3,6-8H2,(H,16,17). The van der Waals surface area contributed by atoms with Gasteiger partial charge in [0, 0.05) is 19.0 Å². The van der Waals surface area contributed by atoms with Crippen molar-refractivity contribution >= 4 is 16.0 Å². The molecule has 1 atom stereocenters. The van der Waals surface area contributed by atoms with Crippen LogP contribution in [0.2, 0.25) is 0 Å². The molecule has 0 spiro atoms. The first-order chi connectivity index (χ1) is 10.00. The van der Waals surface area contributed by atoms with Crippen molar-refractivity contribution in [2.75, 3.05) is 13.2 Å². The van der Waals surface area contributed by atoms with Gasteiger partial charge in [-0.1, -0.05) is 18.2 Å². The fourth-order valence-electron chi connectivity index (χ4n) is 2.58. The fraction of sp³-hybridized carbons (Fsp3) is 0.357. The molecule has 1 unspecified atom stereocenters. The lowest BCUT2D eigenvalue weighted by molar-refractivity contribution is -0.141. The Morgan fingerprint density at radius 2 is 2.14 bits per heavy atom. The second kappa shape index (κ2) is 5.16. The Morgan fingerprint density at radius 3 is 2.90 bits per heavy atom. The first-order valence-electron chi connectivity index (χ1n) is 6.65. The average molecular weight is 309 g/mol. The zero-order chi connectivity index (χ0) is 15.0. The summed E-state index contributed by atoms with van der Waals surface area (Å²) in [6.07, 6.45) is 4.30. The van der Waals surface area contributed by atoms with E-state index in [-0.39, 0.29) is 17.9 Å². The highest BCUT2D eigenvalue weighted by atomic mass is 32.2. The maximum atomic E-state index is 12.7. The number of carboxylic acids is 1. The summed E-state index contributed by atoms with van der Waals surface area (Å²) in [5.74, 6) is -0.573. The van der Waals surface area contributed by atoms with Gasteiger partial charge in [0.2, 0.25) is 10.0 Å². The van der Waals surface area contributed by atoms with Crippen molar-refractivity contribution in [2.24, 2.45) is 0 Å². The van der Waals surface area contributed by atoms with Crippen LogP contribution in [-0.2, 0) is 21.2 Å². The average Bonchev–Trinajstić information content (AvgIpc) is 2.94. The second-order valence-corrected chi connectivity index (χ2v) is 6.89. The van der Waals surface area contributed by atoms with Crippen LogP contribution in [0.25, 0.3) is 0 Å². The number of benzene rings is 1. The molecule has 7 heteroatoms. The minimum absolute atomic E-state index is 0.0667. The minimum Gasteiger partial charge on any atom is -0.493 e. The molecule has 0 saturated carbocycles. The van der Waals surface area contributed by atoms with Crippen molar-refractivity contribution in [3.05, 3.63) is 35.9 Å². The normalized spacial score (nSPS) is 21.8. The van der Waals surface area contributed by atoms with E-state index in [0.717, 1.165) is 16.3 Å². The molecule has 0 bridgehead atoms. The first-order valence-corrected chi connectivity index (χ1v) is 8.09. The smallest absolute Gasteiger partial charge is 0.322 e. The minimum atomic E-state index is -3.86. The van der Waals surface area contributed by atoms with Crippen LogP contribution in [0.3, 0.4) is 0 Å². The summed E-state index contributed by atoms with van der Waals surface area (Å²) in [4.78, 5) is 11.3. The van der Waals surface area contributed by atoms with E-state index in [0.29, 0.717) is 12.4 Å². The van der Waals surface area contributed by atoms with Gasteiger partial charge < -0.3 is 9.84 Å². The zero-order valence-corrected chi connectivity index (χ0v) is 12.0. The highest BCUT2D eigenvalue weighted by Crippen LogP contribution is 2.30. The predicted octanol–water partition coefficient (Wildman–Crippen LogP) is 1.03. The number of hydrogen-bond donors (Lipinski definition) is 1. The molecular weight excluding hydrogens is 294 g/mol. The molecule has 0 radical (unpaired) electrons. The maximum absolute atomic E-state index is 12.7. The number of hydrogen-bond acceptors (Lipinski definition) is 4. The second-order valence-electron chi connectivity index (χ2n) is 5.00. The van der Waals surface area contributed by atoms with Crippen molar-refractivity contribution in [2.45, 2.75) is 23.8 Å². The Labute approximate surface area is 122 Å². The Morgan fingerprint density at radius 1 is 1.33 bits per heavy atom. The van der Waals surface area contributed by atoms with E-state index in [9.17, 15) is 18.3 Å². The molecule has 21 heavy (non-hydrogen) atoms. The molecule has 112 valence electrons.